The number of amidine groups is 1. The fourth-order valence-corrected chi connectivity index (χ4v) is 4.33. The monoisotopic (exact) mass is 279 g/mol. The van der Waals surface area contributed by atoms with Crippen molar-refractivity contribution in [3.63, 3.8) is 0 Å². The van der Waals surface area contributed by atoms with Gasteiger partial charge in [-0.2, -0.15) is 0 Å². The van der Waals surface area contributed by atoms with Crippen molar-refractivity contribution >= 4 is 16.9 Å². The van der Waals surface area contributed by atoms with E-state index in [2.05, 4.69) is 22.4 Å². The van der Waals surface area contributed by atoms with Gasteiger partial charge in [-0.05, 0) is 25.7 Å². The van der Waals surface area contributed by atoms with Crippen LogP contribution in [0.25, 0.3) is 0 Å². The smallest absolute Gasteiger partial charge is 0.157 e. The quantitative estimate of drug-likeness (QED) is 0.903. The van der Waals surface area contributed by atoms with E-state index in [9.17, 15) is 0 Å². The van der Waals surface area contributed by atoms with Gasteiger partial charge in [-0.1, -0.05) is 36.7 Å². The molecule has 3 rings (SSSR count). The van der Waals surface area contributed by atoms with Crippen LogP contribution in [0.15, 0.2) is 15.6 Å². The Bertz CT molecular complexity index is 485. The largest absolute Gasteiger partial charge is 0.361 e. The molecule has 0 aromatic carbocycles. The molecule has 4 nitrogen and oxygen atoms in total. The number of aromatic nitrogens is 1. The van der Waals surface area contributed by atoms with E-state index in [0.29, 0.717) is 12.1 Å². The highest BCUT2D eigenvalue weighted by Gasteiger charge is 2.40. The van der Waals surface area contributed by atoms with Crippen LogP contribution in [0.2, 0.25) is 0 Å². The van der Waals surface area contributed by atoms with Crippen molar-refractivity contribution in [2.24, 2.45) is 10.9 Å². The van der Waals surface area contributed by atoms with Crippen LogP contribution < -0.4 is 5.32 Å². The summed E-state index contributed by atoms with van der Waals surface area (Å²) in [5.41, 5.74) is 1.21. The molecule has 2 unspecified atom stereocenters. The number of hydrogen-bond acceptors (Lipinski definition) is 4. The molecule has 1 aliphatic heterocycles. The number of nitrogens with one attached hydrogen (secondary N) is 1. The van der Waals surface area contributed by atoms with Gasteiger partial charge >= 0.3 is 0 Å². The van der Waals surface area contributed by atoms with Gasteiger partial charge in [0.2, 0.25) is 0 Å². The van der Waals surface area contributed by atoms with E-state index in [1.807, 2.05) is 24.8 Å². The van der Waals surface area contributed by atoms with Gasteiger partial charge in [-0.3, -0.25) is 4.99 Å². The number of rotatable bonds is 2. The normalized spacial score (nSPS) is 32.9. The van der Waals surface area contributed by atoms with Gasteiger partial charge < -0.3 is 9.84 Å². The average molecular weight is 279 g/mol. The zero-order valence-electron chi connectivity index (χ0n) is 11.6. The summed E-state index contributed by atoms with van der Waals surface area (Å²) in [6.07, 6.45) is 5.28. The van der Waals surface area contributed by atoms with E-state index < -0.39 is 0 Å². The first-order valence-corrected chi connectivity index (χ1v) is 8.01. The Morgan fingerprint density at radius 3 is 3.26 bits per heavy atom. The maximum atomic E-state index is 5.06. The number of aliphatic imine (C=N–C) groups is 1. The van der Waals surface area contributed by atoms with Gasteiger partial charge in [0.1, 0.15) is 11.5 Å². The predicted molar refractivity (Wildman–Crippen MR) is 78.3 cm³/mol. The maximum absolute atomic E-state index is 5.06. The lowest BCUT2D eigenvalue weighted by Gasteiger charge is -2.36. The van der Waals surface area contributed by atoms with E-state index in [0.717, 1.165) is 28.3 Å². The molecular weight excluding hydrogens is 258 g/mol. The third-order valence-corrected chi connectivity index (χ3v) is 5.21. The highest BCUT2D eigenvalue weighted by molar-refractivity contribution is 8.14. The summed E-state index contributed by atoms with van der Waals surface area (Å²) >= 11 is 1.86. The van der Waals surface area contributed by atoms with Crippen molar-refractivity contribution in [2.45, 2.75) is 51.6 Å². The molecule has 2 atom stereocenters. The summed E-state index contributed by atoms with van der Waals surface area (Å²) in [7, 11) is 0. The second-order valence-electron chi connectivity index (χ2n) is 5.95. The lowest BCUT2D eigenvalue weighted by atomic mass is 9.78. The third-order valence-electron chi connectivity index (χ3n) is 4.01. The fourth-order valence-electron chi connectivity index (χ4n) is 3.14. The topological polar surface area (TPSA) is 50.4 Å². The number of hydrogen-bond donors (Lipinski definition) is 1. The van der Waals surface area contributed by atoms with Gasteiger partial charge in [0.25, 0.3) is 0 Å². The first-order chi connectivity index (χ1) is 9.15. The van der Waals surface area contributed by atoms with Crippen molar-refractivity contribution in [1.29, 1.82) is 0 Å². The van der Waals surface area contributed by atoms with E-state index >= 15 is 0 Å². The molecule has 1 aromatic heterocycles. The zero-order chi connectivity index (χ0) is 13.3. The molecule has 1 aliphatic carbocycles. The van der Waals surface area contributed by atoms with Gasteiger partial charge in [0.05, 0.1) is 6.54 Å². The molecule has 1 spiro atoms. The Hall–Kier alpha value is -0.970. The SMILES string of the molecule is Cc1cc(CN=C2NC3(CCCC(C)C3)CS2)no1. The average Bonchev–Trinajstić information content (AvgIpc) is 2.94. The molecule has 19 heavy (non-hydrogen) atoms. The van der Waals surface area contributed by atoms with Crippen molar-refractivity contribution in [3.05, 3.63) is 17.5 Å². The fraction of sp³-hybridized carbons (Fsp3) is 0.714. The Morgan fingerprint density at radius 1 is 1.63 bits per heavy atom. The molecule has 1 N–H and O–H groups in total. The highest BCUT2D eigenvalue weighted by atomic mass is 32.2. The van der Waals surface area contributed by atoms with E-state index in [1.54, 1.807) is 0 Å². The van der Waals surface area contributed by atoms with Crippen molar-refractivity contribution in [1.82, 2.24) is 10.5 Å². The Morgan fingerprint density at radius 2 is 2.53 bits per heavy atom. The number of aryl methyl sites for hydroxylation is 1. The molecule has 1 aromatic rings. The Kier molecular flexibility index (Phi) is 3.56. The summed E-state index contributed by atoms with van der Waals surface area (Å²) in [5, 5.41) is 8.72. The summed E-state index contributed by atoms with van der Waals surface area (Å²) in [6, 6.07) is 1.95. The van der Waals surface area contributed by atoms with Crippen LogP contribution in [0.3, 0.4) is 0 Å². The standard InChI is InChI=1S/C14H21N3OS/c1-10-4-3-5-14(7-10)9-19-13(16-14)15-8-12-6-11(2)18-17-12/h6,10H,3-5,7-9H2,1-2H3,(H,15,16). The second-order valence-corrected chi connectivity index (χ2v) is 6.91. The number of nitrogens with zero attached hydrogens (tertiary/aromatic N) is 2. The molecule has 0 radical (unpaired) electrons. The molecule has 2 heterocycles. The van der Waals surface area contributed by atoms with Crippen LogP contribution in [0.5, 0.6) is 0 Å². The van der Waals surface area contributed by atoms with Crippen molar-refractivity contribution in [3.8, 4) is 0 Å². The van der Waals surface area contributed by atoms with E-state index in [1.165, 1.54) is 25.7 Å². The van der Waals surface area contributed by atoms with Crippen LogP contribution in [0, 0.1) is 12.8 Å². The zero-order valence-corrected chi connectivity index (χ0v) is 12.4. The summed E-state index contributed by atoms with van der Waals surface area (Å²) in [4.78, 5) is 4.63. The molecule has 5 heteroatoms. The summed E-state index contributed by atoms with van der Waals surface area (Å²) in [5.74, 6) is 2.84. The first-order valence-electron chi connectivity index (χ1n) is 7.03. The van der Waals surface area contributed by atoms with Crippen LogP contribution in [-0.4, -0.2) is 21.6 Å². The molecule has 0 amide bonds. The highest BCUT2D eigenvalue weighted by Crippen LogP contribution is 2.38. The summed E-state index contributed by atoms with van der Waals surface area (Å²) < 4.78 is 5.06. The van der Waals surface area contributed by atoms with Crippen molar-refractivity contribution in [2.75, 3.05) is 5.75 Å². The van der Waals surface area contributed by atoms with Gasteiger partial charge in [-0.15, -0.1) is 0 Å². The molecule has 2 fully saturated rings. The molecule has 104 valence electrons. The molecular formula is C14H21N3OS. The van der Waals surface area contributed by atoms with Crippen LogP contribution in [-0.2, 0) is 6.54 Å². The summed E-state index contributed by atoms with van der Waals surface area (Å²) in [6.45, 7) is 4.88. The van der Waals surface area contributed by atoms with E-state index in [-0.39, 0.29) is 0 Å². The Balaban J connectivity index is 1.62. The molecule has 2 aliphatic rings. The van der Waals surface area contributed by atoms with Gasteiger partial charge in [0, 0.05) is 17.4 Å². The molecule has 1 saturated heterocycles. The minimum atomic E-state index is 0.306. The van der Waals surface area contributed by atoms with Crippen molar-refractivity contribution < 1.29 is 4.52 Å². The second kappa shape index (κ2) is 5.19. The number of thioether (sulfide) groups is 1. The maximum Gasteiger partial charge on any atom is 0.157 e. The molecule has 1 saturated carbocycles. The first kappa shape index (κ1) is 13.0. The predicted octanol–water partition coefficient (Wildman–Crippen LogP) is 3.12. The minimum absolute atomic E-state index is 0.306. The van der Waals surface area contributed by atoms with E-state index in [4.69, 9.17) is 4.52 Å². The lowest BCUT2D eigenvalue weighted by Crippen LogP contribution is -2.47. The minimum Gasteiger partial charge on any atom is -0.361 e. The third kappa shape index (κ3) is 2.96. The lowest BCUT2D eigenvalue weighted by molar-refractivity contribution is 0.242. The van der Waals surface area contributed by atoms with Crippen LogP contribution >= 0.6 is 11.8 Å². The molecule has 0 bridgehead atoms. The Labute approximate surface area is 118 Å². The van der Waals surface area contributed by atoms with Crippen LogP contribution in [0.4, 0.5) is 0 Å². The van der Waals surface area contributed by atoms with Crippen LogP contribution in [0.1, 0.15) is 44.1 Å². The van der Waals surface area contributed by atoms with Gasteiger partial charge in [-0.25, -0.2) is 0 Å². The van der Waals surface area contributed by atoms with Gasteiger partial charge in [0.15, 0.2) is 5.17 Å².